The van der Waals surface area contributed by atoms with Crippen LogP contribution in [0.2, 0.25) is 0 Å². The Kier molecular flexibility index (Phi) is 4.39. The van der Waals surface area contributed by atoms with Gasteiger partial charge in [-0.05, 0) is 36.8 Å². The first kappa shape index (κ1) is 16.4. The van der Waals surface area contributed by atoms with E-state index in [0.29, 0.717) is 5.56 Å². The van der Waals surface area contributed by atoms with Crippen LogP contribution in [0.1, 0.15) is 27.2 Å². The number of thioether (sulfide) groups is 1. The summed E-state index contributed by atoms with van der Waals surface area (Å²) in [5.74, 6) is 2.40. The molecule has 0 saturated heterocycles. The van der Waals surface area contributed by atoms with Gasteiger partial charge in [0.1, 0.15) is 5.82 Å². The Morgan fingerprint density at radius 1 is 1.20 bits per heavy atom. The number of carbonyl (C=O) groups is 1. The molecule has 0 saturated carbocycles. The molecule has 1 aliphatic heterocycles. The molecule has 1 amide bonds. The second-order valence-electron chi connectivity index (χ2n) is 5.93. The molecule has 1 aliphatic rings. The van der Waals surface area contributed by atoms with Gasteiger partial charge in [-0.1, -0.05) is 40.2 Å². The zero-order valence-corrected chi connectivity index (χ0v) is 16.0. The van der Waals surface area contributed by atoms with E-state index < -0.39 is 0 Å². The van der Waals surface area contributed by atoms with Gasteiger partial charge in [-0.15, -0.1) is 0 Å². The summed E-state index contributed by atoms with van der Waals surface area (Å²) in [5.41, 5.74) is 4.90. The summed E-state index contributed by atoms with van der Waals surface area (Å²) < 4.78 is 2.75. The second-order valence-corrected chi connectivity index (χ2v) is 7.83. The lowest BCUT2D eigenvalue weighted by atomic mass is 10.2. The van der Waals surface area contributed by atoms with Gasteiger partial charge >= 0.3 is 0 Å². The molecule has 0 atom stereocenters. The molecule has 6 heteroatoms. The average Bonchev–Trinajstić information content (AvgIpc) is 3.18. The number of halogens is 1. The molecule has 0 radical (unpaired) electrons. The van der Waals surface area contributed by atoms with Crippen LogP contribution >= 0.6 is 27.7 Å². The van der Waals surface area contributed by atoms with E-state index in [2.05, 4.69) is 34.2 Å². The van der Waals surface area contributed by atoms with Crippen LogP contribution in [0.25, 0.3) is 5.69 Å². The van der Waals surface area contributed by atoms with Gasteiger partial charge in [-0.2, -0.15) is 16.9 Å². The highest BCUT2D eigenvalue weighted by molar-refractivity contribution is 9.10. The van der Waals surface area contributed by atoms with Crippen LogP contribution in [0.15, 0.2) is 53.0 Å². The zero-order valence-electron chi connectivity index (χ0n) is 13.6. The number of para-hydroxylation sites is 1. The average molecular weight is 414 g/mol. The molecule has 1 aromatic heterocycles. The van der Waals surface area contributed by atoms with Crippen LogP contribution in [0.3, 0.4) is 0 Å². The minimum absolute atomic E-state index is 0.129. The lowest BCUT2D eigenvalue weighted by molar-refractivity contribution is 0.102. The van der Waals surface area contributed by atoms with Crippen molar-refractivity contribution < 1.29 is 4.79 Å². The highest BCUT2D eigenvalue weighted by Crippen LogP contribution is 2.36. The summed E-state index contributed by atoms with van der Waals surface area (Å²) in [7, 11) is 0. The third kappa shape index (κ3) is 3.12. The van der Waals surface area contributed by atoms with Crippen LogP contribution in [-0.4, -0.2) is 15.7 Å². The lowest BCUT2D eigenvalue weighted by Crippen LogP contribution is -2.16. The standard InChI is InChI=1S/C19H16BrN3OS/c1-12-5-2-3-8-17(12)23-18(15-10-25-11-16(15)22-23)21-19(24)13-6-4-7-14(20)9-13/h2-9H,10-11H2,1H3,(H,21,24). The first-order valence-electron chi connectivity index (χ1n) is 7.95. The Balaban J connectivity index is 1.76. The number of anilines is 1. The number of fused-ring (bicyclic) bond motifs is 1. The van der Waals surface area contributed by atoms with Crippen LogP contribution in [-0.2, 0) is 11.5 Å². The minimum atomic E-state index is -0.129. The van der Waals surface area contributed by atoms with Gasteiger partial charge in [0.15, 0.2) is 0 Å². The summed E-state index contributed by atoms with van der Waals surface area (Å²) in [6, 6.07) is 15.5. The Morgan fingerprint density at radius 2 is 2.04 bits per heavy atom. The molecule has 1 N–H and O–H groups in total. The number of hydrogen-bond acceptors (Lipinski definition) is 3. The molecule has 126 valence electrons. The van der Waals surface area contributed by atoms with E-state index in [1.807, 2.05) is 58.9 Å². The van der Waals surface area contributed by atoms with Crippen molar-refractivity contribution in [2.24, 2.45) is 0 Å². The Hall–Kier alpha value is -2.05. The molecule has 0 unspecified atom stereocenters. The molecule has 2 aromatic carbocycles. The number of nitrogens with zero attached hydrogens (tertiary/aromatic N) is 2. The number of carbonyl (C=O) groups excluding carboxylic acids is 1. The summed E-state index contributed by atoms with van der Waals surface area (Å²) in [6.45, 7) is 2.05. The molecule has 2 heterocycles. The quantitative estimate of drug-likeness (QED) is 0.660. The van der Waals surface area contributed by atoms with Crippen molar-refractivity contribution in [2.75, 3.05) is 5.32 Å². The van der Waals surface area contributed by atoms with Gasteiger partial charge in [-0.3, -0.25) is 4.79 Å². The molecule has 0 spiro atoms. The third-order valence-corrected chi connectivity index (χ3v) is 5.68. The molecule has 0 bridgehead atoms. The maximum Gasteiger partial charge on any atom is 0.256 e. The van der Waals surface area contributed by atoms with Crippen molar-refractivity contribution in [3.63, 3.8) is 0 Å². The van der Waals surface area contributed by atoms with Gasteiger partial charge < -0.3 is 5.32 Å². The molecule has 4 rings (SSSR count). The fourth-order valence-electron chi connectivity index (χ4n) is 2.93. The van der Waals surface area contributed by atoms with Crippen molar-refractivity contribution in [1.82, 2.24) is 9.78 Å². The lowest BCUT2D eigenvalue weighted by Gasteiger charge is -2.13. The molecular weight excluding hydrogens is 398 g/mol. The number of rotatable bonds is 3. The smallest absolute Gasteiger partial charge is 0.256 e. The van der Waals surface area contributed by atoms with Gasteiger partial charge in [0.05, 0.1) is 11.4 Å². The van der Waals surface area contributed by atoms with Gasteiger partial charge in [-0.25, -0.2) is 4.68 Å². The molecule has 3 aromatic rings. The topological polar surface area (TPSA) is 46.9 Å². The van der Waals surface area contributed by atoms with Crippen molar-refractivity contribution in [2.45, 2.75) is 18.4 Å². The van der Waals surface area contributed by atoms with Crippen molar-refractivity contribution in [3.05, 3.63) is 75.4 Å². The summed E-state index contributed by atoms with van der Waals surface area (Å²) in [6.07, 6.45) is 0. The fourth-order valence-corrected chi connectivity index (χ4v) is 4.36. The van der Waals surface area contributed by atoms with E-state index in [1.165, 1.54) is 0 Å². The van der Waals surface area contributed by atoms with Gasteiger partial charge in [0, 0.05) is 27.1 Å². The largest absolute Gasteiger partial charge is 0.306 e. The predicted molar refractivity (Wildman–Crippen MR) is 105 cm³/mol. The number of aromatic nitrogens is 2. The maximum atomic E-state index is 12.8. The van der Waals surface area contributed by atoms with E-state index >= 15 is 0 Å². The van der Waals surface area contributed by atoms with E-state index in [9.17, 15) is 4.79 Å². The maximum absolute atomic E-state index is 12.8. The minimum Gasteiger partial charge on any atom is -0.306 e. The van der Waals surface area contributed by atoms with Crippen LogP contribution in [0.4, 0.5) is 5.82 Å². The zero-order chi connectivity index (χ0) is 17.4. The normalized spacial score (nSPS) is 12.9. The van der Waals surface area contributed by atoms with Crippen LogP contribution in [0.5, 0.6) is 0 Å². The number of nitrogens with one attached hydrogen (secondary N) is 1. The summed E-state index contributed by atoms with van der Waals surface area (Å²) in [5, 5.41) is 7.85. The first-order valence-corrected chi connectivity index (χ1v) is 9.89. The highest BCUT2D eigenvalue weighted by atomic mass is 79.9. The first-order chi connectivity index (χ1) is 12.1. The highest BCUT2D eigenvalue weighted by Gasteiger charge is 2.25. The monoisotopic (exact) mass is 413 g/mol. The van der Waals surface area contributed by atoms with E-state index in [-0.39, 0.29) is 5.91 Å². The fraction of sp³-hybridized carbons (Fsp3) is 0.158. The molecular formula is C19H16BrN3OS. The van der Waals surface area contributed by atoms with Crippen LogP contribution in [0, 0.1) is 6.92 Å². The molecule has 0 aliphatic carbocycles. The number of amides is 1. The number of hydrogen-bond donors (Lipinski definition) is 1. The second kappa shape index (κ2) is 6.69. The van der Waals surface area contributed by atoms with Crippen LogP contribution < -0.4 is 5.32 Å². The Bertz CT molecular complexity index is 967. The van der Waals surface area contributed by atoms with Gasteiger partial charge in [0.25, 0.3) is 5.91 Å². The van der Waals surface area contributed by atoms with E-state index in [1.54, 1.807) is 0 Å². The van der Waals surface area contributed by atoms with Crippen molar-refractivity contribution in [1.29, 1.82) is 0 Å². The number of benzene rings is 2. The van der Waals surface area contributed by atoms with E-state index in [4.69, 9.17) is 5.10 Å². The predicted octanol–water partition coefficient (Wildman–Crippen LogP) is 4.94. The van der Waals surface area contributed by atoms with E-state index in [0.717, 1.165) is 44.3 Å². The van der Waals surface area contributed by atoms with Crippen molar-refractivity contribution >= 4 is 39.4 Å². The molecule has 0 fully saturated rings. The summed E-state index contributed by atoms with van der Waals surface area (Å²) in [4.78, 5) is 12.8. The third-order valence-electron chi connectivity index (χ3n) is 4.21. The molecule has 25 heavy (non-hydrogen) atoms. The number of aryl methyl sites for hydroxylation is 1. The van der Waals surface area contributed by atoms with Crippen molar-refractivity contribution in [3.8, 4) is 5.69 Å². The SMILES string of the molecule is Cc1ccccc1-n1nc2c(c1NC(=O)c1cccc(Br)c1)CSC2. The summed E-state index contributed by atoms with van der Waals surface area (Å²) >= 11 is 5.24. The Labute approximate surface area is 158 Å². The van der Waals surface area contributed by atoms with Gasteiger partial charge in [0.2, 0.25) is 0 Å². The Morgan fingerprint density at radius 3 is 2.84 bits per heavy atom. The molecule has 4 nitrogen and oxygen atoms in total.